The first kappa shape index (κ1) is 28.6. The Morgan fingerprint density at radius 2 is 0.920 bits per heavy atom. The summed E-state index contributed by atoms with van der Waals surface area (Å²) in [6.45, 7) is 0. The van der Waals surface area contributed by atoms with Crippen molar-refractivity contribution in [2.45, 2.75) is 14.7 Å². The zero-order valence-corrected chi connectivity index (χ0v) is 21.7. The maximum atomic E-state index is 11.2. The Hall–Kier alpha value is 1.43. The Kier molecular flexibility index (Phi) is 11.2. The molecule has 0 aromatic heterocycles. The molecule has 0 unspecified atom stereocenters. The van der Waals surface area contributed by atoms with Crippen molar-refractivity contribution in [3.63, 3.8) is 0 Å². The van der Waals surface area contributed by atoms with Gasteiger partial charge in [-0.1, -0.05) is 12.1 Å². The van der Waals surface area contributed by atoms with Gasteiger partial charge in [-0.2, -0.15) is 0 Å². The van der Waals surface area contributed by atoms with Crippen molar-refractivity contribution in [2.75, 3.05) is 0 Å². The molecule has 0 N–H and O–H groups in total. The fraction of sp³-hybridized carbons (Fsp3) is 0. The number of hydrogen-bond acceptors (Lipinski definition) is 9. The Balaban J connectivity index is 0. The predicted octanol–water partition coefficient (Wildman–Crippen LogP) is -9.44. The zero-order chi connectivity index (χ0) is 16.9. The van der Waals surface area contributed by atoms with Gasteiger partial charge in [0, 0.05) is 10.8 Å². The number of fused-ring (bicyclic) bond motifs is 1. The Morgan fingerprint density at radius 1 is 0.560 bits per heavy atom. The van der Waals surface area contributed by atoms with Gasteiger partial charge in [0.2, 0.25) is 0 Å². The van der Waals surface area contributed by atoms with Crippen LogP contribution in [-0.4, -0.2) is 38.9 Å². The summed E-state index contributed by atoms with van der Waals surface area (Å²) in [5, 5.41) is -1.55. The fourth-order valence-electron chi connectivity index (χ4n) is 1.95. The van der Waals surface area contributed by atoms with Gasteiger partial charge in [0.15, 0.2) is 0 Å². The van der Waals surface area contributed by atoms with Crippen LogP contribution >= 0.6 is 0 Å². The van der Waals surface area contributed by atoms with Crippen molar-refractivity contribution < 1.29 is 128 Å². The van der Waals surface area contributed by atoms with Crippen molar-refractivity contribution in [3.8, 4) is 0 Å². The Bertz CT molecular complexity index is 1050. The molecule has 0 aliphatic heterocycles. The van der Waals surface area contributed by atoms with Crippen LogP contribution in [-0.2, 0) is 30.4 Å². The summed E-state index contributed by atoms with van der Waals surface area (Å²) in [7, 11) is -15.5. The third-order valence-corrected chi connectivity index (χ3v) is 5.38. The van der Waals surface area contributed by atoms with Crippen molar-refractivity contribution >= 4 is 41.1 Å². The molecule has 120 valence electrons. The maximum absolute atomic E-state index is 11.2. The van der Waals surface area contributed by atoms with Crippen LogP contribution in [0.5, 0.6) is 0 Å². The third-order valence-electron chi connectivity index (χ3n) is 2.73. The van der Waals surface area contributed by atoms with Crippen molar-refractivity contribution in [1.29, 1.82) is 0 Å². The summed E-state index contributed by atoms with van der Waals surface area (Å²) in [6, 6.07) is 3.62. The van der Waals surface area contributed by atoms with Crippen LogP contribution < -0.4 is 88.7 Å². The average molecular weight is 434 g/mol. The number of hydrogen-bond donors (Lipinski definition) is 0. The Morgan fingerprint density at radius 3 is 1.32 bits per heavy atom. The number of rotatable bonds is 3. The van der Waals surface area contributed by atoms with Crippen LogP contribution in [0.4, 0.5) is 0 Å². The van der Waals surface area contributed by atoms with Gasteiger partial charge in [-0.25, -0.2) is 25.3 Å². The van der Waals surface area contributed by atoms with Gasteiger partial charge in [0.25, 0.3) is 0 Å². The maximum Gasteiger partial charge on any atom is 1.00 e. The molecular weight excluding hydrogens is 429 g/mol. The first-order valence-electron chi connectivity index (χ1n) is 5.27. The van der Waals surface area contributed by atoms with E-state index in [-0.39, 0.29) is 88.7 Å². The minimum Gasteiger partial charge on any atom is -0.744 e. The third kappa shape index (κ3) is 6.48. The molecule has 15 heteroatoms. The van der Waals surface area contributed by atoms with E-state index in [2.05, 4.69) is 0 Å². The van der Waals surface area contributed by atoms with Gasteiger partial charge in [-0.3, -0.25) is 0 Å². The zero-order valence-electron chi connectivity index (χ0n) is 13.3. The van der Waals surface area contributed by atoms with Gasteiger partial charge in [-0.15, -0.1) is 0 Å². The van der Waals surface area contributed by atoms with Gasteiger partial charge in [0.05, 0.1) is 14.7 Å². The molecule has 0 saturated heterocycles. The quantitative estimate of drug-likeness (QED) is 0.336. The van der Waals surface area contributed by atoms with Crippen molar-refractivity contribution in [3.05, 3.63) is 30.3 Å². The van der Waals surface area contributed by atoms with E-state index in [9.17, 15) is 38.9 Å². The molecule has 25 heavy (non-hydrogen) atoms. The van der Waals surface area contributed by atoms with Crippen LogP contribution in [0.2, 0.25) is 0 Å². The Labute approximate surface area is 210 Å². The normalized spacial score (nSPS) is 11.8. The predicted molar refractivity (Wildman–Crippen MR) is 67.8 cm³/mol. The molecule has 2 aromatic carbocycles. The second-order valence-electron chi connectivity index (χ2n) is 4.10. The molecule has 0 aliphatic rings. The molecule has 0 atom stereocenters. The molecule has 0 amide bonds. The van der Waals surface area contributed by atoms with E-state index < -0.39 is 55.8 Å². The summed E-state index contributed by atoms with van der Waals surface area (Å²) in [6.07, 6.45) is 0. The van der Waals surface area contributed by atoms with E-state index >= 15 is 0 Å². The first-order chi connectivity index (χ1) is 9.83. The fourth-order valence-corrected chi connectivity index (χ4v) is 4.11. The summed E-state index contributed by atoms with van der Waals surface area (Å²) in [5.41, 5.74) is 0. The standard InChI is InChI=1S/C10H8O9S3.3Na/c11-20(12,13)7-4-5-9(22(17,18)19)10-6(7)2-1-3-8(10)21(14,15)16;;;/h1-5H,(H,11,12,13)(H,14,15,16)(H,17,18,19);;;/q;3*+1/p-3. The summed E-state index contributed by atoms with van der Waals surface area (Å²) in [4.78, 5) is -3.16. The van der Waals surface area contributed by atoms with Gasteiger partial charge in [-0.05, 0) is 18.2 Å². The van der Waals surface area contributed by atoms with Crippen LogP contribution in [0.15, 0.2) is 45.0 Å². The molecule has 0 aliphatic carbocycles. The van der Waals surface area contributed by atoms with E-state index in [0.29, 0.717) is 18.2 Å². The van der Waals surface area contributed by atoms with E-state index in [4.69, 9.17) is 0 Å². The molecule has 2 aromatic rings. The monoisotopic (exact) mass is 434 g/mol. The van der Waals surface area contributed by atoms with E-state index in [1.807, 2.05) is 0 Å². The molecular formula is C10H5Na3O9S3. The molecule has 2 rings (SSSR count). The SMILES string of the molecule is O=S(=O)([O-])c1ccc(S(=O)(=O)[O-])c2c(S(=O)(=O)[O-])cccc12.[Na+].[Na+].[Na+]. The van der Waals surface area contributed by atoms with Gasteiger partial charge < -0.3 is 13.7 Å². The second-order valence-corrected chi connectivity index (χ2v) is 8.15. The number of benzene rings is 2. The molecule has 0 bridgehead atoms. The second kappa shape index (κ2) is 9.76. The van der Waals surface area contributed by atoms with E-state index in [0.717, 1.165) is 12.1 Å². The molecule has 0 fully saturated rings. The van der Waals surface area contributed by atoms with E-state index in [1.54, 1.807) is 0 Å². The molecule has 0 radical (unpaired) electrons. The summed E-state index contributed by atoms with van der Waals surface area (Å²) in [5.74, 6) is 0. The topological polar surface area (TPSA) is 172 Å². The van der Waals surface area contributed by atoms with Crippen molar-refractivity contribution in [1.82, 2.24) is 0 Å². The molecule has 0 saturated carbocycles. The van der Waals surface area contributed by atoms with Crippen LogP contribution in [0.1, 0.15) is 0 Å². The molecule has 0 heterocycles. The van der Waals surface area contributed by atoms with Crippen LogP contribution in [0, 0.1) is 0 Å². The molecule has 9 nitrogen and oxygen atoms in total. The smallest absolute Gasteiger partial charge is 0.744 e. The first-order valence-corrected chi connectivity index (χ1v) is 9.49. The molecule has 0 spiro atoms. The minimum absolute atomic E-state index is 0. The summed E-state index contributed by atoms with van der Waals surface area (Å²) >= 11 is 0. The largest absolute Gasteiger partial charge is 1.00 e. The van der Waals surface area contributed by atoms with Gasteiger partial charge in [0.1, 0.15) is 30.4 Å². The van der Waals surface area contributed by atoms with Crippen LogP contribution in [0.3, 0.4) is 0 Å². The van der Waals surface area contributed by atoms with Gasteiger partial charge >= 0.3 is 88.7 Å². The summed E-state index contributed by atoms with van der Waals surface area (Å²) < 4.78 is 101. The minimum atomic E-state index is -5.22. The average Bonchev–Trinajstić information content (AvgIpc) is 2.33. The van der Waals surface area contributed by atoms with Crippen LogP contribution in [0.25, 0.3) is 10.8 Å². The van der Waals surface area contributed by atoms with E-state index in [1.165, 1.54) is 0 Å². The van der Waals surface area contributed by atoms with Crippen molar-refractivity contribution in [2.24, 2.45) is 0 Å².